The Kier molecular flexibility index (Phi) is 13.6. The average Bonchev–Trinajstić information content (AvgIpc) is 3.34. The average molecular weight is 677 g/mol. The van der Waals surface area contributed by atoms with E-state index in [1.165, 1.54) is 36.4 Å². The van der Waals surface area contributed by atoms with Crippen LogP contribution in [-0.2, 0) is 11.3 Å². The van der Waals surface area contributed by atoms with Crippen LogP contribution in [0.1, 0.15) is 54.5 Å². The van der Waals surface area contributed by atoms with Crippen LogP contribution in [-0.4, -0.2) is 45.2 Å². The van der Waals surface area contributed by atoms with Gasteiger partial charge in [0, 0.05) is 48.2 Å². The van der Waals surface area contributed by atoms with Crippen molar-refractivity contribution in [2.24, 2.45) is 0 Å². The molecular weight excluding hydrogens is 643 g/mol. The molecule has 4 rings (SSSR count). The maximum absolute atomic E-state index is 14.1. The van der Waals surface area contributed by atoms with Crippen molar-refractivity contribution >= 4 is 18.0 Å². The monoisotopic (exact) mass is 676 g/mol. The molecule has 3 N–H and O–H groups in total. The first-order valence-electron chi connectivity index (χ1n) is 14.7. The fraction of sp³-hybridized carbons (Fsp3) is 0.257. The van der Waals surface area contributed by atoms with Gasteiger partial charge < -0.3 is 34.7 Å². The molecule has 48 heavy (non-hydrogen) atoms. The number of hydrogen-bond acceptors (Lipinski definition) is 6. The number of carbonyl (C=O) groups is 2. The Bertz CT molecular complexity index is 1720. The number of aliphatic carboxylic acids is 1. The SMILES string of the molecule is CC(C)n1c(/C=C/[C@@H](O)C[C@@H](O)CC(=O)[O-])c(-c2ccc(F)cc2)c(-c2ccccc2)c1C(=O)NCc1cccc(OC(F)(F)F)c1.[Na+]. The second-order valence-corrected chi connectivity index (χ2v) is 11.1. The summed E-state index contributed by atoms with van der Waals surface area (Å²) in [5, 5.41) is 34.3. The Labute approximate surface area is 297 Å². The van der Waals surface area contributed by atoms with Crippen LogP contribution < -0.4 is 44.7 Å². The molecule has 3 aromatic carbocycles. The van der Waals surface area contributed by atoms with Crippen molar-refractivity contribution in [3.63, 3.8) is 0 Å². The van der Waals surface area contributed by atoms with Crippen LogP contribution >= 0.6 is 0 Å². The maximum Gasteiger partial charge on any atom is 1.00 e. The van der Waals surface area contributed by atoms with Crippen molar-refractivity contribution in [3.8, 4) is 28.0 Å². The molecule has 1 aromatic heterocycles. The normalized spacial score (nSPS) is 12.9. The molecule has 1 heterocycles. The van der Waals surface area contributed by atoms with E-state index in [4.69, 9.17) is 0 Å². The molecular formula is C35H33F4N2NaO6. The van der Waals surface area contributed by atoms with E-state index < -0.39 is 48.4 Å². The van der Waals surface area contributed by atoms with Crippen molar-refractivity contribution in [1.82, 2.24) is 9.88 Å². The van der Waals surface area contributed by atoms with E-state index in [9.17, 15) is 42.5 Å². The molecule has 8 nitrogen and oxygen atoms in total. The molecule has 0 saturated heterocycles. The molecule has 0 bridgehead atoms. The minimum absolute atomic E-state index is 0. The number of ether oxygens (including phenoxy) is 1. The van der Waals surface area contributed by atoms with Crippen molar-refractivity contribution in [3.05, 3.63) is 108 Å². The zero-order valence-corrected chi connectivity index (χ0v) is 28.5. The van der Waals surface area contributed by atoms with Gasteiger partial charge in [-0.1, -0.05) is 60.7 Å². The number of aromatic nitrogens is 1. The van der Waals surface area contributed by atoms with Crippen LogP contribution in [0.25, 0.3) is 28.3 Å². The predicted octanol–water partition coefficient (Wildman–Crippen LogP) is 2.64. The van der Waals surface area contributed by atoms with Crippen molar-refractivity contribution in [2.45, 2.75) is 57.8 Å². The molecule has 0 aliphatic carbocycles. The van der Waals surface area contributed by atoms with Gasteiger partial charge in [0.2, 0.25) is 0 Å². The van der Waals surface area contributed by atoms with Crippen LogP contribution in [0.3, 0.4) is 0 Å². The smallest absolute Gasteiger partial charge is 0.550 e. The topological polar surface area (TPSA) is 124 Å². The molecule has 2 atom stereocenters. The number of nitrogens with zero attached hydrogens (tertiary/aromatic N) is 1. The second kappa shape index (κ2) is 16.9. The Morgan fingerprint density at radius 2 is 1.60 bits per heavy atom. The molecule has 1 amide bonds. The zero-order valence-electron chi connectivity index (χ0n) is 26.5. The van der Waals surface area contributed by atoms with Gasteiger partial charge in [0.15, 0.2) is 0 Å². The largest absolute Gasteiger partial charge is 1.00 e. The summed E-state index contributed by atoms with van der Waals surface area (Å²) < 4.78 is 58.1. The molecule has 0 saturated carbocycles. The number of alkyl halides is 3. The van der Waals surface area contributed by atoms with Crippen molar-refractivity contribution < 1.29 is 76.8 Å². The standard InChI is InChI=1S/C35H34F4N2O6.Na/c1-21(2)41-29(16-15-26(42)18-27(43)19-30(44)45)31(24-11-13-25(36)14-12-24)32(23-8-4-3-5-9-23)33(41)34(46)40-20-22-7-6-10-28(17-22)47-35(37,38)39;/h3-17,21,26-27,42-43H,18-20H2,1-2H3,(H,40,46)(H,44,45);/q;+1/p-1/b16-15+;/t26-,27-;/m1./s1. The van der Waals surface area contributed by atoms with E-state index in [0.29, 0.717) is 33.5 Å². The number of carboxylic acid groups (broad SMARTS) is 1. The number of benzene rings is 3. The summed E-state index contributed by atoms with van der Waals surface area (Å²) in [5.74, 6) is -2.95. The number of aliphatic hydroxyl groups excluding tert-OH is 2. The van der Waals surface area contributed by atoms with E-state index in [1.54, 1.807) is 53.1 Å². The van der Waals surface area contributed by atoms with E-state index in [1.807, 2.05) is 13.8 Å². The Morgan fingerprint density at radius 3 is 2.21 bits per heavy atom. The quantitative estimate of drug-likeness (QED) is 0.148. The maximum atomic E-state index is 14.1. The Hall–Kier alpha value is -3.94. The minimum atomic E-state index is -4.88. The molecule has 248 valence electrons. The molecule has 0 aliphatic rings. The number of halogens is 4. The number of aliphatic hydroxyl groups is 2. The summed E-state index contributed by atoms with van der Waals surface area (Å²) in [6, 6.07) is 19.4. The van der Waals surface area contributed by atoms with Gasteiger partial charge in [-0.25, -0.2) is 4.39 Å². The van der Waals surface area contributed by atoms with Gasteiger partial charge in [0.1, 0.15) is 17.3 Å². The van der Waals surface area contributed by atoms with Crippen molar-refractivity contribution in [2.75, 3.05) is 0 Å². The van der Waals surface area contributed by atoms with Crippen LogP contribution in [0.4, 0.5) is 17.6 Å². The van der Waals surface area contributed by atoms with Gasteiger partial charge in [-0.2, -0.15) is 0 Å². The first-order valence-corrected chi connectivity index (χ1v) is 14.7. The molecule has 13 heteroatoms. The van der Waals surface area contributed by atoms with Gasteiger partial charge in [-0.05, 0) is 60.9 Å². The van der Waals surface area contributed by atoms with E-state index in [-0.39, 0.29) is 54.3 Å². The van der Waals surface area contributed by atoms with Crippen molar-refractivity contribution in [1.29, 1.82) is 0 Å². The van der Waals surface area contributed by atoms with Gasteiger partial charge in [-0.3, -0.25) is 4.79 Å². The fourth-order valence-corrected chi connectivity index (χ4v) is 5.28. The second-order valence-electron chi connectivity index (χ2n) is 11.1. The van der Waals surface area contributed by atoms with Gasteiger partial charge in [0.25, 0.3) is 5.91 Å². The number of carbonyl (C=O) groups excluding carboxylic acids is 2. The summed E-state index contributed by atoms with van der Waals surface area (Å²) in [5.41, 5.74) is 3.17. The van der Waals surface area contributed by atoms with E-state index in [2.05, 4.69) is 10.1 Å². The molecule has 0 fully saturated rings. The Balaban J connectivity index is 0.00000625. The summed E-state index contributed by atoms with van der Waals surface area (Å²) in [4.78, 5) is 25.0. The molecule has 0 radical (unpaired) electrons. The predicted molar refractivity (Wildman–Crippen MR) is 165 cm³/mol. The fourth-order valence-electron chi connectivity index (χ4n) is 5.28. The summed E-state index contributed by atoms with van der Waals surface area (Å²) in [6.45, 7) is 3.52. The van der Waals surface area contributed by atoms with E-state index in [0.717, 1.165) is 6.07 Å². The number of nitrogens with one attached hydrogen (secondary N) is 1. The van der Waals surface area contributed by atoms with Gasteiger partial charge >= 0.3 is 35.9 Å². The minimum Gasteiger partial charge on any atom is -0.550 e. The first-order chi connectivity index (χ1) is 22.2. The summed E-state index contributed by atoms with van der Waals surface area (Å²) in [6.07, 6.45) is -5.57. The number of rotatable bonds is 13. The third kappa shape index (κ3) is 10.3. The van der Waals surface area contributed by atoms with Crippen LogP contribution in [0.15, 0.2) is 84.9 Å². The first kappa shape index (κ1) is 38.5. The van der Waals surface area contributed by atoms with E-state index >= 15 is 0 Å². The third-order valence-electron chi connectivity index (χ3n) is 7.15. The van der Waals surface area contributed by atoms with Crippen LogP contribution in [0.5, 0.6) is 5.75 Å². The molecule has 0 spiro atoms. The summed E-state index contributed by atoms with van der Waals surface area (Å²) in [7, 11) is 0. The molecule has 4 aromatic rings. The molecule has 0 aliphatic heterocycles. The van der Waals surface area contributed by atoms with Gasteiger partial charge in [-0.15, -0.1) is 13.2 Å². The number of carboxylic acids is 1. The van der Waals surface area contributed by atoms with Gasteiger partial charge in [0.05, 0.1) is 12.2 Å². The van der Waals surface area contributed by atoms with Crippen LogP contribution in [0.2, 0.25) is 0 Å². The number of hydrogen-bond donors (Lipinski definition) is 3. The van der Waals surface area contributed by atoms with Crippen LogP contribution in [0, 0.1) is 5.82 Å². The zero-order chi connectivity index (χ0) is 34.3. The summed E-state index contributed by atoms with van der Waals surface area (Å²) >= 11 is 0. The third-order valence-corrected chi connectivity index (χ3v) is 7.15. The molecule has 0 unspecified atom stereocenters. The Morgan fingerprint density at radius 1 is 0.958 bits per heavy atom. The number of amides is 1.